The first kappa shape index (κ1) is 9.43. The zero-order chi connectivity index (χ0) is 9.97. The Morgan fingerprint density at radius 1 is 1.36 bits per heavy atom. The lowest BCUT2D eigenvalue weighted by atomic mass is 10.3. The van der Waals surface area contributed by atoms with Crippen LogP contribution in [0.15, 0.2) is 29.0 Å². The second-order valence-corrected chi connectivity index (χ2v) is 4.53. The fourth-order valence-corrected chi connectivity index (χ4v) is 2.76. The molecule has 0 spiro atoms. The summed E-state index contributed by atoms with van der Waals surface area (Å²) >= 11 is 3.10. The molecule has 2 aromatic heterocycles. The Labute approximate surface area is 89.8 Å². The molecule has 0 N–H and O–H groups in total. The Morgan fingerprint density at radius 2 is 2.21 bits per heavy atom. The molecule has 4 heteroatoms. The summed E-state index contributed by atoms with van der Waals surface area (Å²) in [6, 6.07) is 5.78. The Morgan fingerprint density at radius 3 is 2.86 bits per heavy atom. The highest BCUT2D eigenvalue weighted by Gasteiger charge is 2.09. The van der Waals surface area contributed by atoms with Crippen LogP contribution in [0.25, 0.3) is 10.4 Å². The normalized spacial score (nSPS) is 10.1. The molecule has 0 amide bonds. The molecule has 0 fully saturated rings. The van der Waals surface area contributed by atoms with E-state index in [2.05, 4.69) is 10.1 Å². The summed E-state index contributed by atoms with van der Waals surface area (Å²) in [5.74, 6) is -0.267. The van der Waals surface area contributed by atoms with Gasteiger partial charge in [0.15, 0.2) is 0 Å². The van der Waals surface area contributed by atoms with Gasteiger partial charge in [0.25, 0.3) is 0 Å². The molecule has 0 bridgehead atoms. The largest absolute Gasteiger partial charge is 0.465 e. The van der Waals surface area contributed by atoms with Crippen LogP contribution in [0.2, 0.25) is 0 Å². The molecular weight excluding hydrogens is 216 g/mol. The zero-order valence-electron chi connectivity index (χ0n) is 7.52. The average molecular weight is 224 g/mol. The fraction of sp³-hybridized carbons (Fsp3) is 0.100. The summed E-state index contributed by atoms with van der Waals surface area (Å²) in [5.41, 5.74) is 1.16. The third-order valence-corrected chi connectivity index (χ3v) is 3.60. The Bertz CT molecular complexity index is 429. The molecule has 0 saturated heterocycles. The average Bonchev–Trinajstić information content (AvgIpc) is 2.86. The van der Waals surface area contributed by atoms with Crippen molar-refractivity contribution in [2.24, 2.45) is 0 Å². The second kappa shape index (κ2) is 3.94. The molecule has 2 rings (SSSR count). The molecule has 0 aromatic carbocycles. The quantitative estimate of drug-likeness (QED) is 0.732. The number of carbonyl (C=O) groups is 1. The fourth-order valence-electron chi connectivity index (χ4n) is 1.11. The van der Waals surface area contributed by atoms with Crippen LogP contribution >= 0.6 is 22.7 Å². The van der Waals surface area contributed by atoms with Crippen LogP contribution in [0.1, 0.15) is 9.67 Å². The lowest BCUT2D eigenvalue weighted by molar-refractivity contribution is 0.0606. The maximum atomic E-state index is 11.2. The Kier molecular flexibility index (Phi) is 2.65. The molecule has 0 radical (unpaired) electrons. The molecule has 2 heterocycles. The molecule has 2 aromatic rings. The molecule has 0 unspecified atom stereocenters. The third-order valence-electron chi connectivity index (χ3n) is 1.80. The summed E-state index contributed by atoms with van der Waals surface area (Å²) in [6.07, 6.45) is 0. The van der Waals surface area contributed by atoms with Crippen molar-refractivity contribution in [2.75, 3.05) is 7.11 Å². The zero-order valence-corrected chi connectivity index (χ0v) is 9.15. The highest BCUT2D eigenvalue weighted by atomic mass is 32.1. The Balaban J connectivity index is 2.31. The second-order valence-electron chi connectivity index (χ2n) is 2.67. The van der Waals surface area contributed by atoms with Crippen LogP contribution < -0.4 is 0 Å². The van der Waals surface area contributed by atoms with E-state index in [1.807, 2.05) is 17.5 Å². The minimum atomic E-state index is -0.267. The van der Waals surface area contributed by atoms with Crippen molar-refractivity contribution in [1.82, 2.24) is 0 Å². The standard InChI is InChI=1S/C10H8O2S2/c1-12-10(11)9-3-2-8(14-9)7-4-5-13-6-7/h2-6H,1H3. The first-order valence-electron chi connectivity index (χ1n) is 4.02. The van der Waals surface area contributed by atoms with Gasteiger partial charge >= 0.3 is 5.97 Å². The highest BCUT2D eigenvalue weighted by Crippen LogP contribution is 2.29. The van der Waals surface area contributed by atoms with Gasteiger partial charge in [-0.15, -0.1) is 11.3 Å². The van der Waals surface area contributed by atoms with E-state index in [0.29, 0.717) is 4.88 Å². The molecule has 72 valence electrons. The van der Waals surface area contributed by atoms with E-state index in [4.69, 9.17) is 0 Å². The highest BCUT2D eigenvalue weighted by molar-refractivity contribution is 7.17. The van der Waals surface area contributed by atoms with Crippen molar-refractivity contribution in [3.63, 3.8) is 0 Å². The van der Waals surface area contributed by atoms with Gasteiger partial charge in [-0.2, -0.15) is 11.3 Å². The van der Waals surface area contributed by atoms with Gasteiger partial charge in [-0.25, -0.2) is 4.79 Å². The van der Waals surface area contributed by atoms with Gasteiger partial charge in [0.1, 0.15) is 4.88 Å². The lowest BCUT2D eigenvalue weighted by Gasteiger charge is -1.92. The molecule has 0 aliphatic heterocycles. The van der Waals surface area contributed by atoms with Crippen LogP contribution in [0.3, 0.4) is 0 Å². The van der Waals surface area contributed by atoms with Gasteiger partial charge in [0.2, 0.25) is 0 Å². The predicted octanol–water partition coefficient (Wildman–Crippen LogP) is 3.26. The predicted molar refractivity (Wildman–Crippen MR) is 59.0 cm³/mol. The molecule has 0 aliphatic rings. The van der Waals surface area contributed by atoms with Crippen LogP contribution in [-0.2, 0) is 4.74 Å². The molecular formula is C10H8O2S2. The number of esters is 1. The monoisotopic (exact) mass is 224 g/mol. The number of hydrogen-bond acceptors (Lipinski definition) is 4. The van der Waals surface area contributed by atoms with Crippen LogP contribution in [0, 0.1) is 0 Å². The summed E-state index contributed by atoms with van der Waals surface area (Å²) in [4.78, 5) is 12.9. The number of ether oxygens (including phenoxy) is 1. The Hall–Kier alpha value is -1.13. The van der Waals surface area contributed by atoms with Crippen LogP contribution in [0.5, 0.6) is 0 Å². The third kappa shape index (κ3) is 1.71. The minimum Gasteiger partial charge on any atom is -0.465 e. The molecule has 2 nitrogen and oxygen atoms in total. The number of methoxy groups -OCH3 is 1. The van der Waals surface area contributed by atoms with Crippen molar-refractivity contribution >= 4 is 28.6 Å². The number of thiophene rings is 2. The molecule has 14 heavy (non-hydrogen) atoms. The van der Waals surface area contributed by atoms with Crippen LogP contribution in [0.4, 0.5) is 0 Å². The summed E-state index contributed by atoms with van der Waals surface area (Å²) in [7, 11) is 1.40. The van der Waals surface area contributed by atoms with E-state index in [0.717, 1.165) is 10.4 Å². The van der Waals surface area contributed by atoms with Gasteiger partial charge in [0, 0.05) is 10.4 Å². The first-order chi connectivity index (χ1) is 6.81. The molecule has 0 saturated carbocycles. The van der Waals surface area contributed by atoms with E-state index in [9.17, 15) is 4.79 Å². The number of hydrogen-bond donors (Lipinski definition) is 0. The lowest BCUT2D eigenvalue weighted by Crippen LogP contribution is -1.96. The number of carbonyl (C=O) groups excluding carboxylic acids is 1. The van der Waals surface area contributed by atoms with E-state index >= 15 is 0 Å². The van der Waals surface area contributed by atoms with Gasteiger partial charge in [0.05, 0.1) is 7.11 Å². The first-order valence-corrected chi connectivity index (χ1v) is 5.78. The maximum Gasteiger partial charge on any atom is 0.348 e. The van der Waals surface area contributed by atoms with E-state index in [1.165, 1.54) is 18.4 Å². The van der Waals surface area contributed by atoms with Gasteiger partial charge in [-0.05, 0) is 29.0 Å². The topological polar surface area (TPSA) is 26.3 Å². The molecule has 0 aliphatic carbocycles. The van der Waals surface area contributed by atoms with E-state index in [1.54, 1.807) is 17.4 Å². The van der Waals surface area contributed by atoms with Gasteiger partial charge in [-0.3, -0.25) is 0 Å². The molecule has 0 atom stereocenters. The van der Waals surface area contributed by atoms with Crippen molar-refractivity contribution in [3.05, 3.63) is 33.8 Å². The minimum absolute atomic E-state index is 0.267. The van der Waals surface area contributed by atoms with E-state index in [-0.39, 0.29) is 5.97 Å². The SMILES string of the molecule is COC(=O)c1ccc(-c2ccsc2)s1. The van der Waals surface area contributed by atoms with Crippen molar-refractivity contribution in [1.29, 1.82) is 0 Å². The van der Waals surface area contributed by atoms with Gasteiger partial charge in [-0.1, -0.05) is 0 Å². The van der Waals surface area contributed by atoms with Gasteiger partial charge < -0.3 is 4.74 Å². The van der Waals surface area contributed by atoms with E-state index < -0.39 is 0 Å². The maximum absolute atomic E-state index is 11.2. The van der Waals surface area contributed by atoms with Crippen LogP contribution in [-0.4, -0.2) is 13.1 Å². The summed E-state index contributed by atoms with van der Waals surface area (Å²) in [5, 5.41) is 4.08. The van der Waals surface area contributed by atoms with Crippen molar-refractivity contribution in [3.8, 4) is 10.4 Å². The van der Waals surface area contributed by atoms with Crippen molar-refractivity contribution < 1.29 is 9.53 Å². The summed E-state index contributed by atoms with van der Waals surface area (Å²) < 4.78 is 4.64. The number of rotatable bonds is 2. The smallest absolute Gasteiger partial charge is 0.348 e. The summed E-state index contributed by atoms with van der Waals surface area (Å²) in [6.45, 7) is 0. The van der Waals surface area contributed by atoms with Crippen molar-refractivity contribution in [2.45, 2.75) is 0 Å².